The van der Waals surface area contributed by atoms with Crippen molar-refractivity contribution in [3.8, 4) is 11.1 Å². The zero-order chi connectivity index (χ0) is 17.2. The van der Waals surface area contributed by atoms with Crippen LogP contribution in [0.3, 0.4) is 0 Å². The number of benzene rings is 3. The molecular weight excluding hydrogens is 419 g/mol. The van der Waals surface area contributed by atoms with E-state index in [1.165, 1.54) is 50.3 Å². The van der Waals surface area contributed by atoms with Gasteiger partial charge in [-0.1, -0.05) is 77.2 Å². The van der Waals surface area contributed by atoms with Crippen LogP contribution >= 0.6 is 22.6 Å². The van der Waals surface area contributed by atoms with Gasteiger partial charge in [0.05, 0.1) is 6.10 Å². The molecule has 4 rings (SSSR count). The summed E-state index contributed by atoms with van der Waals surface area (Å²) in [6, 6.07) is 22.3. The molecule has 128 valence electrons. The Kier molecular flexibility index (Phi) is 5.09. The summed E-state index contributed by atoms with van der Waals surface area (Å²) in [5.74, 6) is 0.654. The minimum Gasteiger partial charge on any atom is -0.376 e. The van der Waals surface area contributed by atoms with Crippen molar-refractivity contribution in [1.29, 1.82) is 0 Å². The van der Waals surface area contributed by atoms with E-state index in [4.69, 9.17) is 4.74 Å². The van der Waals surface area contributed by atoms with Crippen molar-refractivity contribution in [2.75, 3.05) is 11.5 Å². The summed E-state index contributed by atoms with van der Waals surface area (Å²) in [7, 11) is 1.86. The van der Waals surface area contributed by atoms with Crippen LogP contribution in [-0.4, -0.2) is 11.5 Å². The SMILES string of the molecule is COC1c2ccc(-c3ccc4ccccc4c3)cc2CCC1CCI. The van der Waals surface area contributed by atoms with E-state index in [1.54, 1.807) is 0 Å². The Morgan fingerprint density at radius 3 is 2.52 bits per heavy atom. The summed E-state index contributed by atoms with van der Waals surface area (Å²) < 4.78 is 7.08. The summed E-state index contributed by atoms with van der Waals surface area (Å²) in [6.45, 7) is 0. The predicted octanol–water partition coefficient (Wildman–Crippen LogP) is 6.58. The van der Waals surface area contributed by atoms with Gasteiger partial charge in [-0.2, -0.15) is 0 Å². The molecule has 2 unspecified atom stereocenters. The minimum absolute atomic E-state index is 0.254. The Morgan fingerprint density at radius 1 is 0.960 bits per heavy atom. The third-order valence-corrected chi connectivity index (χ3v) is 6.10. The van der Waals surface area contributed by atoms with Crippen LogP contribution < -0.4 is 0 Å². The molecule has 3 aromatic carbocycles. The Morgan fingerprint density at radius 2 is 1.72 bits per heavy atom. The number of alkyl halides is 1. The number of ether oxygens (including phenoxy) is 1. The van der Waals surface area contributed by atoms with Gasteiger partial charge >= 0.3 is 0 Å². The Balaban J connectivity index is 1.71. The molecule has 25 heavy (non-hydrogen) atoms. The standard InChI is InChI=1S/C23H23IO/c1-25-23-17(12-13-24)7-9-21-15-20(10-11-22(21)23)19-8-6-16-4-2-3-5-18(16)14-19/h2-6,8,10-11,14-15,17,23H,7,9,12-13H2,1H3. The van der Waals surface area contributed by atoms with Crippen molar-refractivity contribution in [3.63, 3.8) is 0 Å². The molecule has 0 saturated heterocycles. The van der Waals surface area contributed by atoms with Crippen molar-refractivity contribution in [3.05, 3.63) is 71.8 Å². The van der Waals surface area contributed by atoms with E-state index in [0.29, 0.717) is 5.92 Å². The largest absolute Gasteiger partial charge is 0.376 e. The van der Waals surface area contributed by atoms with E-state index < -0.39 is 0 Å². The van der Waals surface area contributed by atoms with Crippen LogP contribution in [-0.2, 0) is 11.2 Å². The Bertz CT molecular complexity index is 886. The van der Waals surface area contributed by atoms with Crippen LogP contribution in [0, 0.1) is 5.92 Å². The summed E-state index contributed by atoms with van der Waals surface area (Å²) in [4.78, 5) is 0. The maximum Gasteiger partial charge on any atom is 0.0852 e. The highest BCUT2D eigenvalue weighted by atomic mass is 127. The molecule has 0 N–H and O–H groups in total. The fraction of sp³-hybridized carbons (Fsp3) is 0.304. The molecule has 0 fully saturated rings. The molecule has 1 nitrogen and oxygen atoms in total. The van der Waals surface area contributed by atoms with Crippen molar-refractivity contribution >= 4 is 33.4 Å². The van der Waals surface area contributed by atoms with Crippen molar-refractivity contribution < 1.29 is 4.74 Å². The first kappa shape index (κ1) is 17.0. The Labute approximate surface area is 163 Å². The summed E-state index contributed by atoms with van der Waals surface area (Å²) in [5, 5.41) is 2.60. The van der Waals surface area contributed by atoms with E-state index in [2.05, 4.69) is 83.3 Å². The van der Waals surface area contributed by atoms with Gasteiger partial charge in [-0.15, -0.1) is 0 Å². The van der Waals surface area contributed by atoms with Crippen molar-refractivity contribution in [2.45, 2.75) is 25.4 Å². The highest BCUT2D eigenvalue weighted by molar-refractivity contribution is 14.1. The summed E-state index contributed by atoms with van der Waals surface area (Å²) in [5.41, 5.74) is 5.46. The molecule has 0 bridgehead atoms. The smallest absolute Gasteiger partial charge is 0.0852 e. The number of hydrogen-bond donors (Lipinski definition) is 0. The first-order valence-corrected chi connectivity index (χ1v) is 10.5. The molecule has 0 aromatic heterocycles. The second-order valence-electron chi connectivity index (χ2n) is 6.91. The minimum atomic E-state index is 0.254. The normalized spacial score (nSPS) is 19.8. The number of hydrogen-bond acceptors (Lipinski definition) is 1. The first-order chi connectivity index (χ1) is 12.3. The molecule has 2 atom stereocenters. The number of fused-ring (bicyclic) bond motifs is 2. The van der Waals surface area contributed by atoms with Crippen LogP contribution in [0.25, 0.3) is 21.9 Å². The van der Waals surface area contributed by atoms with E-state index in [9.17, 15) is 0 Å². The molecule has 0 radical (unpaired) electrons. The van der Waals surface area contributed by atoms with E-state index in [0.717, 1.165) is 6.42 Å². The highest BCUT2D eigenvalue weighted by Gasteiger charge is 2.29. The lowest BCUT2D eigenvalue weighted by molar-refractivity contribution is 0.0397. The van der Waals surface area contributed by atoms with Crippen LogP contribution in [0.2, 0.25) is 0 Å². The van der Waals surface area contributed by atoms with Gasteiger partial charge in [-0.05, 0) is 68.7 Å². The summed E-state index contributed by atoms with van der Waals surface area (Å²) >= 11 is 2.48. The monoisotopic (exact) mass is 442 g/mol. The predicted molar refractivity (Wildman–Crippen MR) is 114 cm³/mol. The number of rotatable bonds is 4. The molecule has 1 aliphatic rings. The number of aryl methyl sites for hydroxylation is 1. The van der Waals surface area contributed by atoms with Gasteiger partial charge in [0.25, 0.3) is 0 Å². The van der Waals surface area contributed by atoms with Gasteiger partial charge in [-0.25, -0.2) is 0 Å². The van der Waals surface area contributed by atoms with Crippen LogP contribution in [0.15, 0.2) is 60.7 Å². The van der Waals surface area contributed by atoms with E-state index in [1.807, 2.05) is 7.11 Å². The lowest BCUT2D eigenvalue weighted by atomic mass is 9.79. The first-order valence-electron chi connectivity index (χ1n) is 9.01. The fourth-order valence-corrected chi connectivity index (χ4v) is 4.95. The zero-order valence-electron chi connectivity index (χ0n) is 14.5. The molecule has 2 heteroatoms. The molecular formula is C23H23IO. The Hall–Kier alpha value is -1.39. The van der Waals surface area contributed by atoms with E-state index in [-0.39, 0.29) is 6.10 Å². The van der Waals surface area contributed by atoms with Crippen LogP contribution in [0.1, 0.15) is 30.1 Å². The second-order valence-corrected chi connectivity index (χ2v) is 7.99. The van der Waals surface area contributed by atoms with Crippen LogP contribution in [0.5, 0.6) is 0 Å². The van der Waals surface area contributed by atoms with Gasteiger partial charge in [0.15, 0.2) is 0 Å². The number of halogens is 1. The topological polar surface area (TPSA) is 9.23 Å². The third kappa shape index (κ3) is 3.34. The highest BCUT2D eigenvalue weighted by Crippen LogP contribution is 2.40. The van der Waals surface area contributed by atoms with Gasteiger partial charge in [-0.3, -0.25) is 0 Å². The van der Waals surface area contributed by atoms with E-state index >= 15 is 0 Å². The maximum absolute atomic E-state index is 5.88. The maximum atomic E-state index is 5.88. The molecule has 0 aliphatic heterocycles. The molecule has 0 amide bonds. The zero-order valence-corrected chi connectivity index (χ0v) is 16.7. The molecule has 3 aromatic rings. The average molecular weight is 442 g/mol. The fourth-order valence-electron chi connectivity index (χ4n) is 4.15. The summed E-state index contributed by atoms with van der Waals surface area (Å²) in [6.07, 6.45) is 3.89. The van der Waals surface area contributed by atoms with Gasteiger partial charge in [0, 0.05) is 7.11 Å². The molecule has 1 aliphatic carbocycles. The average Bonchev–Trinajstić information content (AvgIpc) is 2.67. The van der Waals surface area contributed by atoms with Gasteiger partial charge in [0.2, 0.25) is 0 Å². The van der Waals surface area contributed by atoms with Gasteiger partial charge in [0.1, 0.15) is 0 Å². The molecule has 0 spiro atoms. The second kappa shape index (κ2) is 7.46. The van der Waals surface area contributed by atoms with Crippen molar-refractivity contribution in [2.24, 2.45) is 5.92 Å². The quantitative estimate of drug-likeness (QED) is 0.328. The molecule has 0 heterocycles. The lowest BCUT2D eigenvalue weighted by Crippen LogP contribution is -2.22. The number of methoxy groups -OCH3 is 1. The lowest BCUT2D eigenvalue weighted by Gasteiger charge is -2.32. The molecule has 0 saturated carbocycles. The van der Waals surface area contributed by atoms with Gasteiger partial charge < -0.3 is 4.74 Å². The van der Waals surface area contributed by atoms with Crippen LogP contribution in [0.4, 0.5) is 0 Å². The van der Waals surface area contributed by atoms with Crippen molar-refractivity contribution in [1.82, 2.24) is 0 Å². The third-order valence-electron chi connectivity index (χ3n) is 5.48.